The Hall–Kier alpha value is -1.85. The van der Waals surface area contributed by atoms with Crippen LogP contribution in [0.15, 0.2) is 30.3 Å². The summed E-state index contributed by atoms with van der Waals surface area (Å²) in [5, 5.41) is 4.09. The van der Waals surface area contributed by atoms with Gasteiger partial charge in [0.25, 0.3) is 0 Å². The van der Waals surface area contributed by atoms with Crippen LogP contribution in [0.3, 0.4) is 0 Å². The highest BCUT2D eigenvalue weighted by atomic mass is 35.5. The van der Waals surface area contributed by atoms with Crippen LogP contribution in [0.2, 0.25) is 5.02 Å². The zero-order valence-corrected chi connectivity index (χ0v) is 13.3. The molecule has 0 bridgehead atoms. The molecule has 116 valence electrons. The average molecular weight is 319 g/mol. The minimum absolute atomic E-state index is 0.638. The molecule has 0 unspecified atom stereocenters. The molecular formula is C16H19ClN4O. The van der Waals surface area contributed by atoms with Crippen LogP contribution in [0.5, 0.6) is 0 Å². The molecule has 0 spiro atoms. The molecule has 0 atom stereocenters. The fraction of sp³-hybridized carbons (Fsp3) is 0.375. The third kappa shape index (κ3) is 3.67. The van der Waals surface area contributed by atoms with Crippen molar-refractivity contribution in [1.82, 2.24) is 9.97 Å². The van der Waals surface area contributed by atoms with E-state index in [2.05, 4.69) is 20.2 Å². The number of aryl methyl sites for hydroxylation is 1. The van der Waals surface area contributed by atoms with Gasteiger partial charge >= 0.3 is 0 Å². The summed E-state index contributed by atoms with van der Waals surface area (Å²) >= 11 is 6.18. The Kier molecular flexibility index (Phi) is 4.75. The van der Waals surface area contributed by atoms with Gasteiger partial charge in [0.05, 0.1) is 13.2 Å². The molecule has 0 aliphatic carbocycles. The number of nitrogens with zero attached hydrogens (tertiary/aromatic N) is 3. The van der Waals surface area contributed by atoms with E-state index in [4.69, 9.17) is 16.3 Å². The fourth-order valence-electron chi connectivity index (χ4n) is 2.38. The van der Waals surface area contributed by atoms with Crippen LogP contribution in [-0.4, -0.2) is 36.3 Å². The maximum atomic E-state index is 6.18. The number of benzene rings is 1. The van der Waals surface area contributed by atoms with Crippen LogP contribution in [0.4, 0.5) is 11.8 Å². The van der Waals surface area contributed by atoms with Gasteiger partial charge < -0.3 is 15.0 Å². The van der Waals surface area contributed by atoms with Crippen LogP contribution >= 0.6 is 11.6 Å². The maximum absolute atomic E-state index is 6.18. The summed E-state index contributed by atoms with van der Waals surface area (Å²) in [5.74, 6) is 1.57. The quantitative estimate of drug-likeness (QED) is 0.939. The van der Waals surface area contributed by atoms with Gasteiger partial charge in [0.1, 0.15) is 5.82 Å². The lowest BCUT2D eigenvalue weighted by Gasteiger charge is -2.27. The van der Waals surface area contributed by atoms with Crippen molar-refractivity contribution in [1.29, 1.82) is 0 Å². The number of ether oxygens (including phenoxy) is 1. The molecule has 5 nitrogen and oxygen atoms in total. The standard InChI is InChI=1S/C16H19ClN4O/c1-12-10-15(18-11-13-4-2-3-5-14(13)17)20-16(19-12)21-6-8-22-9-7-21/h2-5,10H,6-9,11H2,1H3,(H,18,19,20). The molecule has 1 fully saturated rings. The SMILES string of the molecule is Cc1cc(NCc2ccccc2Cl)nc(N2CCOCC2)n1. The summed E-state index contributed by atoms with van der Waals surface area (Å²) in [6.45, 7) is 5.71. The summed E-state index contributed by atoms with van der Waals surface area (Å²) in [5.41, 5.74) is 1.99. The smallest absolute Gasteiger partial charge is 0.227 e. The molecule has 0 amide bonds. The summed E-state index contributed by atoms with van der Waals surface area (Å²) in [7, 11) is 0. The Balaban J connectivity index is 1.73. The molecule has 1 aliphatic rings. The number of anilines is 2. The normalized spacial score (nSPS) is 14.9. The molecule has 6 heteroatoms. The Labute approximate surface area is 135 Å². The summed E-state index contributed by atoms with van der Waals surface area (Å²) in [6, 6.07) is 9.75. The zero-order chi connectivity index (χ0) is 15.4. The summed E-state index contributed by atoms with van der Waals surface area (Å²) in [4.78, 5) is 11.3. The lowest BCUT2D eigenvalue weighted by Crippen LogP contribution is -2.37. The molecule has 1 aliphatic heterocycles. The monoisotopic (exact) mass is 318 g/mol. The molecule has 1 aromatic heterocycles. The van der Waals surface area contributed by atoms with Crippen molar-refractivity contribution in [3.05, 3.63) is 46.6 Å². The van der Waals surface area contributed by atoms with Gasteiger partial charge in [0.2, 0.25) is 5.95 Å². The molecule has 22 heavy (non-hydrogen) atoms. The lowest BCUT2D eigenvalue weighted by atomic mass is 10.2. The van der Waals surface area contributed by atoms with Crippen LogP contribution < -0.4 is 10.2 Å². The third-order valence-corrected chi connectivity index (χ3v) is 3.92. The first kappa shape index (κ1) is 15.1. The molecule has 2 heterocycles. The molecule has 0 radical (unpaired) electrons. The van der Waals surface area contributed by atoms with Crippen molar-refractivity contribution in [3.8, 4) is 0 Å². The second-order valence-electron chi connectivity index (χ2n) is 5.24. The second-order valence-corrected chi connectivity index (χ2v) is 5.65. The fourth-order valence-corrected chi connectivity index (χ4v) is 2.58. The van der Waals surface area contributed by atoms with Gasteiger partial charge in [-0.3, -0.25) is 0 Å². The Morgan fingerprint density at radius 1 is 1.23 bits per heavy atom. The Morgan fingerprint density at radius 2 is 2.00 bits per heavy atom. The largest absolute Gasteiger partial charge is 0.378 e. The highest BCUT2D eigenvalue weighted by molar-refractivity contribution is 6.31. The molecule has 3 rings (SSSR count). The van der Waals surface area contributed by atoms with Gasteiger partial charge in [-0.15, -0.1) is 0 Å². The Bertz CT molecular complexity index is 644. The number of nitrogens with one attached hydrogen (secondary N) is 1. The van der Waals surface area contributed by atoms with Crippen molar-refractivity contribution in [2.45, 2.75) is 13.5 Å². The van der Waals surface area contributed by atoms with Crippen molar-refractivity contribution >= 4 is 23.4 Å². The minimum atomic E-state index is 0.638. The molecule has 1 N–H and O–H groups in total. The van der Waals surface area contributed by atoms with E-state index in [9.17, 15) is 0 Å². The highest BCUT2D eigenvalue weighted by Crippen LogP contribution is 2.18. The molecular weight excluding hydrogens is 300 g/mol. The first-order valence-electron chi connectivity index (χ1n) is 7.38. The first-order valence-corrected chi connectivity index (χ1v) is 7.76. The van der Waals surface area contributed by atoms with Gasteiger partial charge in [0.15, 0.2) is 0 Å². The van der Waals surface area contributed by atoms with Crippen molar-refractivity contribution in [2.75, 3.05) is 36.5 Å². The number of hydrogen-bond donors (Lipinski definition) is 1. The van der Waals surface area contributed by atoms with Gasteiger partial charge in [0, 0.05) is 36.4 Å². The van der Waals surface area contributed by atoms with E-state index < -0.39 is 0 Å². The van der Waals surface area contributed by atoms with Crippen molar-refractivity contribution < 1.29 is 4.74 Å². The number of aromatic nitrogens is 2. The molecule has 1 aromatic carbocycles. The first-order chi connectivity index (χ1) is 10.7. The van der Waals surface area contributed by atoms with E-state index in [1.165, 1.54) is 0 Å². The van der Waals surface area contributed by atoms with Gasteiger partial charge in [-0.05, 0) is 18.6 Å². The summed E-state index contributed by atoms with van der Waals surface area (Å²) in [6.07, 6.45) is 0. The van der Waals surface area contributed by atoms with Gasteiger partial charge in [-0.1, -0.05) is 29.8 Å². The van der Waals surface area contributed by atoms with E-state index in [0.717, 1.165) is 54.3 Å². The molecule has 1 saturated heterocycles. The predicted octanol–water partition coefficient (Wildman–Crippen LogP) is 2.89. The van der Waals surface area contributed by atoms with Gasteiger partial charge in [-0.2, -0.15) is 4.98 Å². The molecule has 0 saturated carbocycles. The van der Waals surface area contributed by atoms with E-state index in [1.807, 2.05) is 37.3 Å². The highest BCUT2D eigenvalue weighted by Gasteiger charge is 2.15. The predicted molar refractivity (Wildman–Crippen MR) is 88.6 cm³/mol. The van der Waals surface area contributed by atoms with E-state index in [1.54, 1.807) is 0 Å². The van der Waals surface area contributed by atoms with E-state index in [0.29, 0.717) is 6.54 Å². The van der Waals surface area contributed by atoms with Crippen LogP contribution in [0, 0.1) is 6.92 Å². The van der Waals surface area contributed by atoms with Crippen LogP contribution in [0.25, 0.3) is 0 Å². The summed E-state index contributed by atoms with van der Waals surface area (Å²) < 4.78 is 5.37. The molecule has 2 aromatic rings. The number of halogens is 1. The number of rotatable bonds is 4. The number of morpholine rings is 1. The van der Waals surface area contributed by atoms with Crippen LogP contribution in [0.1, 0.15) is 11.3 Å². The van der Waals surface area contributed by atoms with Crippen LogP contribution in [-0.2, 0) is 11.3 Å². The zero-order valence-electron chi connectivity index (χ0n) is 12.6. The Morgan fingerprint density at radius 3 is 2.77 bits per heavy atom. The van der Waals surface area contributed by atoms with Crippen molar-refractivity contribution in [3.63, 3.8) is 0 Å². The number of hydrogen-bond acceptors (Lipinski definition) is 5. The lowest BCUT2D eigenvalue weighted by molar-refractivity contribution is 0.122. The average Bonchev–Trinajstić information content (AvgIpc) is 2.54. The van der Waals surface area contributed by atoms with E-state index in [-0.39, 0.29) is 0 Å². The van der Waals surface area contributed by atoms with Crippen molar-refractivity contribution in [2.24, 2.45) is 0 Å². The second kappa shape index (κ2) is 6.94. The topological polar surface area (TPSA) is 50.3 Å². The maximum Gasteiger partial charge on any atom is 0.227 e. The minimum Gasteiger partial charge on any atom is -0.378 e. The third-order valence-electron chi connectivity index (χ3n) is 3.55. The van der Waals surface area contributed by atoms with E-state index >= 15 is 0 Å². The van der Waals surface area contributed by atoms with Gasteiger partial charge in [-0.25, -0.2) is 4.98 Å².